The molecule has 0 radical (unpaired) electrons. The molecule has 0 spiro atoms. The maximum atomic E-state index is 10.8. The van der Waals surface area contributed by atoms with E-state index in [0.29, 0.717) is 0 Å². The number of hydrogen-bond donors (Lipinski definition) is 0. The quantitative estimate of drug-likeness (QED) is 0.161. The molecule has 0 N–H and O–H groups in total. The van der Waals surface area contributed by atoms with Crippen molar-refractivity contribution in [1.29, 1.82) is 0 Å². The Hall–Kier alpha value is -1.74. The van der Waals surface area contributed by atoms with E-state index in [4.69, 9.17) is 5.53 Å². The predicted octanol–water partition coefficient (Wildman–Crippen LogP) is 1.93. The van der Waals surface area contributed by atoms with Crippen LogP contribution in [-0.4, -0.2) is 13.1 Å². The third kappa shape index (κ3) is 3.43. The smallest absolute Gasteiger partial charge is 0.340 e. The second kappa shape index (κ2) is 6.00. The first-order chi connectivity index (χ1) is 5.76. The molecule has 64 valence electrons. The topological polar surface area (TPSA) is 75.1 Å². The first-order valence-electron chi connectivity index (χ1n) is 3.22. The minimum Gasteiger partial charge on any atom is -0.466 e. The van der Waals surface area contributed by atoms with E-state index in [0.717, 1.165) is 0 Å². The van der Waals surface area contributed by atoms with Crippen molar-refractivity contribution >= 4 is 5.97 Å². The fourth-order valence-electron chi connectivity index (χ4n) is 0.482. The summed E-state index contributed by atoms with van der Waals surface area (Å²) in [5.74, 6) is -0.647. The van der Waals surface area contributed by atoms with Crippen LogP contribution in [0.25, 0.3) is 10.4 Å². The number of ether oxygens (including phenoxy) is 1. The predicted molar refractivity (Wildman–Crippen MR) is 44.1 cm³/mol. The van der Waals surface area contributed by atoms with Crippen LogP contribution >= 0.6 is 0 Å². The number of hydrogen-bond acceptors (Lipinski definition) is 3. The monoisotopic (exact) mass is 167 g/mol. The molecule has 0 saturated carbocycles. The fraction of sp³-hybridized carbons (Fsp3) is 0.286. The number of carbonyl (C=O) groups excluding carboxylic acids is 1. The van der Waals surface area contributed by atoms with E-state index in [-0.39, 0.29) is 5.70 Å². The Morgan fingerprint density at radius 3 is 2.75 bits per heavy atom. The third-order valence-corrected chi connectivity index (χ3v) is 0.994. The Morgan fingerprint density at radius 1 is 1.67 bits per heavy atom. The molecule has 0 amide bonds. The van der Waals surface area contributed by atoms with Gasteiger partial charge in [0.1, 0.15) is 5.70 Å². The SMILES string of the molecule is C/C=C/C=C(\N=[N+]=[N-])C(=O)OC. The van der Waals surface area contributed by atoms with Gasteiger partial charge in [0, 0.05) is 4.91 Å². The lowest BCUT2D eigenvalue weighted by atomic mass is 10.4. The van der Waals surface area contributed by atoms with Gasteiger partial charge in [0.25, 0.3) is 0 Å². The van der Waals surface area contributed by atoms with Crippen molar-refractivity contribution < 1.29 is 9.53 Å². The molecule has 0 heterocycles. The number of carbonyl (C=O) groups is 1. The highest BCUT2D eigenvalue weighted by molar-refractivity contribution is 5.88. The van der Waals surface area contributed by atoms with Crippen molar-refractivity contribution in [1.82, 2.24) is 0 Å². The van der Waals surface area contributed by atoms with Crippen LogP contribution in [0.5, 0.6) is 0 Å². The zero-order chi connectivity index (χ0) is 9.40. The van der Waals surface area contributed by atoms with Gasteiger partial charge in [-0.05, 0) is 18.5 Å². The van der Waals surface area contributed by atoms with E-state index in [2.05, 4.69) is 14.8 Å². The lowest BCUT2D eigenvalue weighted by molar-refractivity contribution is -0.136. The Bertz CT molecular complexity index is 262. The number of nitrogens with zero attached hydrogens (tertiary/aromatic N) is 3. The van der Waals surface area contributed by atoms with E-state index < -0.39 is 5.97 Å². The van der Waals surface area contributed by atoms with Crippen molar-refractivity contribution in [2.24, 2.45) is 5.11 Å². The third-order valence-electron chi connectivity index (χ3n) is 0.994. The van der Waals surface area contributed by atoms with Crippen LogP contribution < -0.4 is 0 Å². The summed E-state index contributed by atoms with van der Waals surface area (Å²) in [6.07, 6.45) is 4.67. The van der Waals surface area contributed by atoms with E-state index >= 15 is 0 Å². The average molecular weight is 167 g/mol. The summed E-state index contributed by atoms with van der Waals surface area (Å²) in [6.45, 7) is 1.78. The lowest BCUT2D eigenvalue weighted by Gasteiger charge is -1.94. The Morgan fingerprint density at radius 2 is 2.33 bits per heavy atom. The van der Waals surface area contributed by atoms with Crippen molar-refractivity contribution in [3.8, 4) is 0 Å². The van der Waals surface area contributed by atoms with E-state index in [1.54, 1.807) is 19.1 Å². The molecule has 5 heteroatoms. The molecule has 0 aliphatic carbocycles. The van der Waals surface area contributed by atoms with Crippen LogP contribution in [0.3, 0.4) is 0 Å². The minimum absolute atomic E-state index is 0.0573. The Labute approximate surface area is 70.0 Å². The van der Waals surface area contributed by atoms with E-state index in [9.17, 15) is 4.79 Å². The molecule has 0 bridgehead atoms. The summed E-state index contributed by atoms with van der Waals surface area (Å²) in [4.78, 5) is 13.3. The maximum Gasteiger partial charge on any atom is 0.340 e. The van der Waals surface area contributed by atoms with Crippen LogP contribution in [0, 0.1) is 0 Å². The molecule has 0 aliphatic heterocycles. The Balaban J connectivity index is 4.65. The second-order valence-corrected chi connectivity index (χ2v) is 1.76. The number of esters is 1. The van der Waals surface area contributed by atoms with Gasteiger partial charge in [-0.1, -0.05) is 17.3 Å². The van der Waals surface area contributed by atoms with Crippen molar-refractivity contribution in [2.75, 3.05) is 7.11 Å². The molecule has 12 heavy (non-hydrogen) atoms. The lowest BCUT2D eigenvalue weighted by Crippen LogP contribution is -2.01. The zero-order valence-electron chi connectivity index (χ0n) is 6.89. The van der Waals surface area contributed by atoms with Crippen molar-refractivity contribution in [3.63, 3.8) is 0 Å². The van der Waals surface area contributed by atoms with Crippen LogP contribution in [-0.2, 0) is 9.53 Å². The molecule has 0 aliphatic rings. The number of allylic oxidation sites excluding steroid dienone is 3. The molecular weight excluding hydrogens is 158 g/mol. The first kappa shape index (κ1) is 10.3. The molecule has 0 unspecified atom stereocenters. The summed E-state index contributed by atoms with van der Waals surface area (Å²) >= 11 is 0. The Kier molecular flexibility index (Phi) is 5.13. The van der Waals surface area contributed by atoms with Gasteiger partial charge in [0.05, 0.1) is 7.11 Å². The summed E-state index contributed by atoms with van der Waals surface area (Å²) in [5.41, 5.74) is 8.01. The molecule has 0 rings (SSSR count). The van der Waals surface area contributed by atoms with Gasteiger partial charge in [0.15, 0.2) is 0 Å². The second-order valence-electron chi connectivity index (χ2n) is 1.76. The molecule has 0 aromatic rings. The van der Waals surface area contributed by atoms with Crippen molar-refractivity contribution in [3.05, 3.63) is 34.4 Å². The normalized spacial score (nSPS) is 11.0. The maximum absolute atomic E-state index is 10.8. The number of methoxy groups -OCH3 is 1. The fourth-order valence-corrected chi connectivity index (χ4v) is 0.482. The highest BCUT2D eigenvalue weighted by atomic mass is 16.5. The van der Waals surface area contributed by atoms with Crippen LogP contribution in [0.15, 0.2) is 29.0 Å². The van der Waals surface area contributed by atoms with Crippen LogP contribution in [0.2, 0.25) is 0 Å². The van der Waals surface area contributed by atoms with Gasteiger partial charge in [-0.2, -0.15) is 0 Å². The van der Waals surface area contributed by atoms with Gasteiger partial charge >= 0.3 is 5.97 Å². The average Bonchev–Trinajstić information content (AvgIpc) is 2.11. The first-order valence-corrected chi connectivity index (χ1v) is 3.22. The van der Waals surface area contributed by atoms with E-state index in [1.807, 2.05) is 0 Å². The molecule has 0 aromatic carbocycles. The molecule has 0 saturated heterocycles. The van der Waals surface area contributed by atoms with Crippen LogP contribution in [0.4, 0.5) is 0 Å². The van der Waals surface area contributed by atoms with Crippen LogP contribution in [0.1, 0.15) is 6.92 Å². The van der Waals surface area contributed by atoms with Gasteiger partial charge in [-0.15, -0.1) is 0 Å². The highest BCUT2D eigenvalue weighted by Gasteiger charge is 2.04. The summed E-state index contributed by atoms with van der Waals surface area (Å²) in [5, 5.41) is 3.15. The zero-order valence-corrected chi connectivity index (χ0v) is 6.89. The van der Waals surface area contributed by atoms with Gasteiger partial charge in [-0.3, -0.25) is 0 Å². The van der Waals surface area contributed by atoms with Gasteiger partial charge in [0.2, 0.25) is 0 Å². The molecule has 0 aromatic heterocycles. The largest absolute Gasteiger partial charge is 0.466 e. The summed E-state index contributed by atoms with van der Waals surface area (Å²) in [6, 6.07) is 0. The van der Waals surface area contributed by atoms with Crippen molar-refractivity contribution in [2.45, 2.75) is 6.92 Å². The van der Waals surface area contributed by atoms with Gasteiger partial charge in [-0.25, -0.2) is 4.79 Å². The van der Waals surface area contributed by atoms with Gasteiger partial charge < -0.3 is 4.74 Å². The number of azide groups is 1. The molecular formula is C7H9N3O2. The molecule has 0 atom stereocenters. The number of rotatable bonds is 3. The molecule has 5 nitrogen and oxygen atoms in total. The summed E-state index contributed by atoms with van der Waals surface area (Å²) in [7, 11) is 1.22. The minimum atomic E-state index is -0.647. The summed E-state index contributed by atoms with van der Waals surface area (Å²) < 4.78 is 4.36. The standard InChI is InChI=1S/C7H9N3O2/c1-3-4-5-6(9-10-8)7(11)12-2/h3-5H,1-2H3/b4-3+,6-5-. The molecule has 0 fully saturated rings. The highest BCUT2D eigenvalue weighted by Crippen LogP contribution is 2.00. The van der Waals surface area contributed by atoms with E-state index in [1.165, 1.54) is 13.2 Å².